The average molecular weight is 319 g/mol. The van der Waals surface area contributed by atoms with Gasteiger partial charge in [0.1, 0.15) is 0 Å². The van der Waals surface area contributed by atoms with Crippen LogP contribution in [0.1, 0.15) is 15.9 Å². The summed E-state index contributed by atoms with van der Waals surface area (Å²) >= 11 is 5.78. The lowest BCUT2D eigenvalue weighted by atomic mass is 10.2. The molecule has 0 aliphatic rings. The normalized spacial score (nSPS) is 10.5. The molecule has 0 saturated heterocycles. The van der Waals surface area contributed by atoms with Gasteiger partial charge in [-0.25, -0.2) is 5.43 Å². The van der Waals surface area contributed by atoms with Crippen LogP contribution in [0.15, 0.2) is 47.6 Å². The predicted molar refractivity (Wildman–Crippen MR) is 86.1 cm³/mol. The Balaban J connectivity index is 2.09. The molecule has 0 bridgehead atoms. The van der Waals surface area contributed by atoms with E-state index >= 15 is 0 Å². The number of hydrazone groups is 1. The SMILES string of the molecule is COc1cccc(/C=N/NC(=O)c2ccc(Cl)cc2)c1OC. The molecule has 1 N–H and O–H groups in total. The van der Waals surface area contributed by atoms with Crippen molar-refractivity contribution in [1.82, 2.24) is 5.43 Å². The van der Waals surface area contributed by atoms with Crippen molar-refractivity contribution in [3.05, 3.63) is 58.6 Å². The van der Waals surface area contributed by atoms with E-state index in [-0.39, 0.29) is 5.91 Å². The van der Waals surface area contributed by atoms with E-state index in [0.29, 0.717) is 27.6 Å². The highest BCUT2D eigenvalue weighted by molar-refractivity contribution is 6.30. The first kappa shape index (κ1) is 15.9. The van der Waals surface area contributed by atoms with E-state index in [1.807, 2.05) is 6.07 Å². The number of ether oxygens (including phenoxy) is 2. The fraction of sp³-hybridized carbons (Fsp3) is 0.125. The Morgan fingerprint density at radius 3 is 2.50 bits per heavy atom. The van der Waals surface area contributed by atoms with E-state index in [2.05, 4.69) is 10.5 Å². The van der Waals surface area contributed by atoms with Gasteiger partial charge >= 0.3 is 0 Å². The van der Waals surface area contributed by atoms with Crippen LogP contribution in [0.4, 0.5) is 0 Å². The van der Waals surface area contributed by atoms with Crippen LogP contribution in [-0.4, -0.2) is 26.3 Å². The number of hydrogen-bond acceptors (Lipinski definition) is 4. The highest BCUT2D eigenvalue weighted by Crippen LogP contribution is 2.29. The number of benzene rings is 2. The molecule has 2 rings (SSSR count). The molecule has 0 radical (unpaired) electrons. The Bertz CT molecular complexity index is 684. The van der Waals surface area contributed by atoms with Gasteiger partial charge in [0, 0.05) is 16.1 Å². The van der Waals surface area contributed by atoms with Gasteiger partial charge in [-0.05, 0) is 36.4 Å². The summed E-state index contributed by atoms with van der Waals surface area (Å²) in [7, 11) is 3.10. The van der Waals surface area contributed by atoms with Crippen molar-refractivity contribution in [2.45, 2.75) is 0 Å². The number of nitrogens with one attached hydrogen (secondary N) is 1. The summed E-state index contributed by atoms with van der Waals surface area (Å²) in [6.07, 6.45) is 1.50. The quantitative estimate of drug-likeness (QED) is 0.680. The highest BCUT2D eigenvalue weighted by Gasteiger charge is 2.08. The van der Waals surface area contributed by atoms with Gasteiger partial charge in [0.25, 0.3) is 5.91 Å². The number of amides is 1. The first-order valence-electron chi connectivity index (χ1n) is 6.45. The second-order valence-corrected chi connectivity index (χ2v) is 4.73. The van der Waals surface area contributed by atoms with E-state index in [1.165, 1.54) is 6.21 Å². The first-order valence-corrected chi connectivity index (χ1v) is 6.83. The van der Waals surface area contributed by atoms with E-state index < -0.39 is 0 Å². The molecule has 1 amide bonds. The number of methoxy groups -OCH3 is 2. The molecule has 0 heterocycles. The topological polar surface area (TPSA) is 59.9 Å². The minimum absolute atomic E-state index is 0.324. The van der Waals surface area contributed by atoms with E-state index in [1.54, 1.807) is 50.6 Å². The molecule has 114 valence electrons. The van der Waals surface area contributed by atoms with Gasteiger partial charge in [-0.3, -0.25) is 4.79 Å². The van der Waals surface area contributed by atoms with E-state index in [4.69, 9.17) is 21.1 Å². The molecule has 5 nitrogen and oxygen atoms in total. The molecular formula is C16H15ClN2O3. The minimum atomic E-state index is -0.324. The number of carbonyl (C=O) groups is 1. The number of carbonyl (C=O) groups excluding carboxylic acids is 1. The van der Waals surface area contributed by atoms with Crippen LogP contribution in [-0.2, 0) is 0 Å². The summed E-state index contributed by atoms with van der Waals surface area (Å²) < 4.78 is 10.5. The van der Waals surface area contributed by atoms with Gasteiger partial charge in [0.2, 0.25) is 0 Å². The molecule has 0 saturated carbocycles. The summed E-state index contributed by atoms with van der Waals surface area (Å²) in [5.74, 6) is 0.819. The van der Waals surface area contributed by atoms with E-state index in [0.717, 1.165) is 0 Å². The smallest absolute Gasteiger partial charge is 0.271 e. The summed E-state index contributed by atoms with van der Waals surface area (Å²) in [5.41, 5.74) is 3.61. The van der Waals surface area contributed by atoms with Crippen molar-refractivity contribution in [3.63, 3.8) is 0 Å². The Morgan fingerprint density at radius 2 is 1.86 bits per heavy atom. The molecule has 0 spiro atoms. The summed E-state index contributed by atoms with van der Waals surface area (Å²) in [6, 6.07) is 11.9. The van der Waals surface area contributed by atoms with Crippen molar-refractivity contribution in [2.24, 2.45) is 5.10 Å². The molecule has 0 aromatic heterocycles. The van der Waals surface area contributed by atoms with Crippen LogP contribution in [0.3, 0.4) is 0 Å². The Morgan fingerprint density at radius 1 is 1.14 bits per heavy atom. The van der Waals surface area contributed by atoms with Gasteiger partial charge < -0.3 is 9.47 Å². The molecule has 0 aliphatic carbocycles. The number of rotatable bonds is 5. The lowest BCUT2D eigenvalue weighted by Crippen LogP contribution is -2.17. The number of halogens is 1. The fourth-order valence-corrected chi connectivity index (χ4v) is 1.97. The van der Waals surface area contributed by atoms with Crippen LogP contribution in [0.25, 0.3) is 0 Å². The monoisotopic (exact) mass is 318 g/mol. The molecule has 0 unspecified atom stereocenters. The summed E-state index contributed by atoms with van der Waals surface area (Å²) in [4.78, 5) is 11.9. The third-order valence-electron chi connectivity index (χ3n) is 2.91. The lowest BCUT2D eigenvalue weighted by Gasteiger charge is -2.09. The second-order valence-electron chi connectivity index (χ2n) is 4.29. The maximum absolute atomic E-state index is 11.9. The summed E-state index contributed by atoms with van der Waals surface area (Å²) in [5, 5.41) is 4.50. The first-order chi connectivity index (χ1) is 10.7. The van der Waals surface area contributed by atoms with Crippen LogP contribution < -0.4 is 14.9 Å². The maximum atomic E-state index is 11.9. The van der Waals surface area contributed by atoms with Crippen molar-refractivity contribution in [2.75, 3.05) is 14.2 Å². The number of nitrogens with zero attached hydrogens (tertiary/aromatic N) is 1. The Kier molecular flexibility index (Phi) is 5.38. The van der Waals surface area contributed by atoms with Gasteiger partial charge in [-0.1, -0.05) is 17.7 Å². The van der Waals surface area contributed by atoms with Gasteiger partial charge in [0.05, 0.1) is 20.4 Å². The molecule has 6 heteroatoms. The molecule has 2 aromatic rings. The predicted octanol–water partition coefficient (Wildman–Crippen LogP) is 3.12. The Hall–Kier alpha value is -2.53. The standard InChI is InChI=1S/C16H15ClN2O3/c1-21-14-5-3-4-12(15(14)22-2)10-18-19-16(20)11-6-8-13(17)9-7-11/h3-10H,1-2H3,(H,19,20)/b18-10+. The van der Waals surface area contributed by atoms with E-state index in [9.17, 15) is 4.79 Å². The van der Waals surface area contributed by atoms with Crippen LogP contribution >= 0.6 is 11.6 Å². The zero-order chi connectivity index (χ0) is 15.9. The van der Waals surface area contributed by atoms with Crippen molar-refractivity contribution in [3.8, 4) is 11.5 Å². The zero-order valence-electron chi connectivity index (χ0n) is 12.2. The molecule has 0 atom stereocenters. The van der Waals surface area contributed by atoms with Gasteiger partial charge in [-0.15, -0.1) is 0 Å². The molecule has 22 heavy (non-hydrogen) atoms. The van der Waals surface area contributed by atoms with Crippen molar-refractivity contribution < 1.29 is 14.3 Å². The number of hydrogen-bond donors (Lipinski definition) is 1. The highest BCUT2D eigenvalue weighted by atomic mass is 35.5. The molecule has 0 fully saturated rings. The molecule has 0 aliphatic heterocycles. The molecular weight excluding hydrogens is 304 g/mol. The van der Waals surface area contributed by atoms with Crippen LogP contribution in [0.5, 0.6) is 11.5 Å². The third-order valence-corrected chi connectivity index (χ3v) is 3.16. The van der Waals surface area contributed by atoms with Crippen LogP contribution in [0, 0.1) is 0 Å². The van der Waals surface area contributed by atoms with Crippen LogP contribution in [0.2, 0.25) is 5.02 Å². The average Bonchev–Trinajstić information content (AvgIpc) is 2.55. The Labute approximate surface area is 133 Å². The van der Waals surface area contributed by atoms with Gasteiger partial charge in [0.15, 0.2) is 11.5 Å². The third kappa shape index (κ3) is 3.77. The van der Waals surface area contributed by atoms with Gasteiger partial charge in [-0.2, -0.15) is 5.10 Å². The maximum Gasteiger partial charge on any atom is 0.271 e. The largest absolute Gasteiger partial charge is 0.493 e. The summed E-state index contributed by atoms with van der Waals surface area (Å²) in [6.45, 7) is 0. The fourth-order valence-electron chi connectivity index (χ4n) is 1.84. The molecule has 2 aromatic carbocycles. The van der Waals surface area contributed by atoms with Crippen molar-refractivity contribution in [1.29, 1.82) is 0 Å². The second kappa shape index (κ2) is 7.47. The minimum Gasteiger partial charge on any atom is -0.493 e. The zero-order valence-corrected chi connectivity index (χ0v) is 12.9. The number of para-hydroxylation sites is 1. The van der Waals surface area contributed by atoms with Crippen molar-refractivity contribution >= 4 is 23.7 Å². The lowest BCUT2D eigenvalue weighted by molar-refractivity contribution is 0.0955.